The maximum atomic E-state index is 12.2. The number of amides is 2. The Balaban J connectivity index is 1.45. The Bertz CT molecular complexity index is 742. The number of fused-ring (bicyclic) bond motifs is 3. The van der Waals surface area contributed by atoms with Crippen LogP contribution in [0.1, 0.15) is 37.7 Å². The smallest absolute Gasteiger partial charge is 0.233 e. The van der Waals surface area contributed by atoms with Gasteiger partial charge in [0, 0.05) is 49.8 Å². The summed E-state index contributed by atoms with van der Waals surface area (Å²) >= 11 is 9.53. The molecule has 2 saturated heterocycles. The van der Waals surface area contributed by atoms with Gasteiger partial charge in [-0.1, -0.05) is 23.4 Å². The molecule has 0 N–H and O–H groups in total. The van der Waals surface area contributed by atoms with Gasteiger partial charge in [0.25, 0.3) is 0 Å². The maximum absolute atomic E-state index is 12.2. The number of likely N-dealkylation sites (tertiary alicyclic amines) is 2. The molecule has 0 bridgehead atoms. The summed E-state index contributed by atoms with van der Waals surface area (Å²) in [7, 11) is 0. The van der Waals surface area contributed by atoms with Gasteiger partial charge in [0.15, 0.2) is 5.16 Å². The maximum Gasteiger partial charge on any atom is 0.233 e. The topological polar surface area (TPSA) is 66.4 Å². The van der Waals surface area contributed by atoms with E-state index < -0.39 is 0 Å². The Morgan fingerprint density at radius 2 is 2.00 bits per heavy atom. The van der Waals surface area contributed by atoms with Crippen molar-refractivity contribution in [1.82, 2.24) is 19.8 Å². The Morgan fingerprint density at radius 1 is 1.23 bits per heavy atom. The quantitative estimate of drug-likeness (QED) is 0.432. The van der Waals surface area contributed by atoms with Crippen molar-refractivity contribution in [3.8, 4) is 0 Å². The average Bonchev–Trinajstić information content (AvgIpc) is 3.26. The normalized spacial score (nSPS) is 24.5. The van der Waals surface area contributed by atoms with Gasteiger partial charge in [0.05, 0.1) is 5.75 Å². The van der Waals surface area contributed by atoms with Crippen LogP contribution in [-0.2, 0) is 9.59 Å². The molecule has 2 fully saturated rings. The van der Waals surface area contributed by atoms with E-state index in [1.807, 2.05) is 9.80 Å². The summed E-state index contributed by atoms with van der Waals surface area (Å²) in [5, 5.41) is 2.28. The van der Waals surface area contributed by atoms with Gasteiger partial charge in [0.2, 0.25) is 11.8 Å². The molecule has 1 aromatic heterocycles. The first-order chi connectivity index (χ1) is 12.5. The summed E-state index contributed by atoms with van der Waals surface area (Å²) in [6, 6.07) is 0. The third-order valence-electron chi connectivity index (χ3n) is 5.27. The average molecular weight is 413 g/mol. The molecule has 0 saturated carbocycles. The number of hydrogen-bond acceptors (Lipinski definition) is 6. The monoisotopic (exact) mass is 412 g/mol. The van der Waals surface area contributed by atoms with E-state index in [0.29, 0.717) is 27.2 Å². The molecule has 0 spiro atoms. The third-order valence-corrected chi connectivity index (χ3v) is 7.70. The van der Waals surface area contributed by atoms with E-state index in [1.165, 1.54) is 11.8 Å². The first-order valence-corrected chi connectivity index (χ1v) is 11.2. The molecule has 3 aliphatic heterocycles. The number of piperidine rings is 1. The van der Waals surface area contributed by atoms with Gasteiger partial charge in [-0.3, -0.25) is 9.59 Å². The lowest BCUT2D eigenvalue weighted by atomic mass is 9.91. The van der Waals surface area contributed by atoms with E-state index in [0.717, 1.165) is 56.0 Å². The van der Waals surface area contributed by atoms with Gasteiger partial charge < -0.3 is 9.80 Å². The number of nitrogens with zero attached hydrogens (tertiary/aromatic N) is 4. The predicted octanol–water partition coefficient (Wildman–Crippen LogP) is 2.65. The van der Waals surface area contributed by atoms with Crippen LogP contribution in [-0.4, -0.2) is 68.8 Å². The van der Waals surface area contributed by atoms with Gasteiger partial charge in [-0.2, -0.15) is 0 Å². The van der Waals surface area contributed by atoms with Gasteiger partial charge in [-0.05, 0) is 19.3 Å². The molecule has 0 radical (unpaired) electrons. The van der Waals surface area contributed by atoms with Crippen molar-refractivity contribution in [2.24, 2.45) is 0 Å². The number of halogens is 1. The fourth-order valence-electron chi connectivity index (χ4n) is 3.85. The standard InChI is InChI=1S/C17H21ClN4O2S2/c1-10(23)22-7-4-11-12(8-22)26-16-14(11)15(18)19-17(20-16)25-9-13(24)21-5-2-3-6-21/h11-12H,2-9H2,1H3. The molecular formula is C17H21ClN4O2S2. The van der Waals surface area contributed by atoms with Crippen molar-refractivity contribution in [3.05, 3.63) is 10.7 Å². The van der Waals surface area contributed by atoms with Crippen molar-refractivity contribution in [3.63, 3.8) is 0 Å². The molecule has 4 rings (SSSR count). The van der Waals surface area contributed by atoms with E-state index in [-0.39, 0.29) is 11.8 Å². The van der Waals surface area contributed by atoms with Gasteiger partial charge in [0.1, 0.15) is 10.2 Å². The highest BCUT2D eigenvalue weighted by Gasteiger charge is 2.41. The van der Waals surface area contributed by atoms with Crippen molar-refractivity contribution in [2.75, 3.05) is 31.9 Å². The van der Waals surface area contributed by atoms with Crippen LogP contribution in [0.15, 0.2) is 10.2 Å². The van der Waals surface area contributed by atoms with E-state index in [2.05, 4.69) is 9.97 Å². The minimum Gasteiger partial charge on any atom is -0.342 e. The lowest BCUT2D eigenvalue weighted by Crippen LogP contribution is -2.42. The molecule has 0 aromatic carbocycles. The molecule has 0 aliphatic carbocycles. The summed E-state index contributed by atoms with van der Waals surface area (Å²) < 4.78 is 0. The predicted molar refractivity (Wildman–Crippen MR) is 103 cm³/mol. The molecule has 2 amide bonds. The van der Waals surface area contributed by atoms with E-state index in [4.69, 9.17) is 11.6 Å². The zero-order valence-electron chi connectivity index (χ0n) is 14.6. The molecule has 9 heteroatoms. The van der Waals surface area contributed by atoms with E-state index in [9.17, 15) is 9.59 Å². The van der Waals surface area contributed by atoms with Gasteiger partial charge >= 0.3 is 0 Å². The first-order valence-electron chi connectivity index (χ1n) is 8.93. The zero-order valence-corrected chi connectivity index (χ0v) is 17.0. The second-order valence-electron chi connectivity index (χ2n) is 6.91. The minimum absolute atomic E-state index is 0.119. The second-order valence-corrected chi connectivity index (χ2v) is 9.44. The van der Waals surface area contributed by atoms with Crippen LogP contribution in [0.2, 0.25) is 5.15 Å². The number of rotatable bonds is 3. The molecule has 2 unspecified atom stereocenters. The van der Waals surface area contributed by atoms with Crippen LogP contribution in [0.25, 0.3) is 0 Å². The summed E-state index contributed by atoms with van der Waals surface area (Å²) in [6.45, 7) is 4.82. The van der Waals surface area contributed by atoms with Crippen LogP contribution < -0.4 is 0 Å². The highest BCUT2D eigenvalue weighted by molar-refractivity contribution is 8.00. The van der Waals surface area contributed by atoms with Crippen LogP contribution in [0.3, 0.4) is 0 Å². The molecule has 4 heterocycles. The van der Waals surface area contributed by atoms with Crippen LogP contribution >= 0.6 is 35.1 Å². The van der Waals surface area contributed by atoms with E-state index in [1.54, 1.807) is 18.7 Å². The second kappa shape index (κ2) is 7.56. The summed E-state index contributed by atoms with van der Waals surface area (Å²) in [5.74, 6) is 0.925. The number of carbonyl (C=O) groups excluding carboxylic acids is 2. The molecule has 2 atom stereocenters. The highest BCUT2D eigenvalue weighted by Crippen LogP contribution is 2.50. The van der Waals surface area contributed by atoms with E-state index >= 15 is 0 Å². The fourth-order valence-corrected chi connectivity index (χ4v) is 6.56. The number of carbonyl (C=O) groups is 2. The Morgan fingerprint density at radius 3 is 2.73 bits per heavy atom. The first kappa shape index (κ1) is 18.4. The zero-order chi connectivity index (χ0) is 18.3. The van der Waals surface area contributed by atoms with Gasteiger partial charge in [-0.25, -0.2) is 9.97 Å². The van der Waals surface area contributed by atoms with Crippen molar-refractivity contribution >= 4 is 46.9 Å². The van der Waals surface area contributed by atoms with Crippen LogP contribution in [0, 0.1) is 0 Å². The molecule has 3 aliphatic rings. The molecule has 140 valence electrons. The number of thioether (sulfide) groups is 2. The number of aromatic nitrogens is 2. The Labute approximate surface area is 166 Å². The Kier molecular flexibility index (Phi) is 5.34. The Hall–Kier alpha value is -0.990. The fraction of sp³-hybridized carbons (Fsp3) is 0.647. The SMILES string of the molecule is CC(=O)N1CCC2c3c(Cl)nc(SCC(=O)N4CCCC4)nc3SC2C1. The summed E-state index contributed by atoms with van der Waals surface area (Å²) in [6.07, 6.45) is 3.08. The molecule has 1 aromatic rings. The summed E-state index contributed by atoms with van der Waals surface area (Å²) in [5.41, 5.74) is 1.03. The van der Waals surface area contributed by atoms with Crippen molar-refractivity contribution in [1.29, 1.82) is 0 Å². The number of hydrogen-bond donors (Lipinski definition) is 0. The molecular weight excluding hydrogens is 392 g/mol. The largest absolute Gasteiger partial charge is 0.342 e. The van der Waals surface area contributed by atoms with Crippen LogP contribution in [0.4, 0.5) is 0 Å². The van der Waals surface area contributed by atoms with Crippen molar-refractivity contribution in [2.45, 2.75) is 47.5 Å². The van der Waals surface area contributed by atoms with Crippen molar-refractivity contribution < 1.29 is 9.59 Å². The lowest BCUT2D eigenvalue weighted by Gasteiger charge is -2.33. The lowest BCUT2D eigenvalue weighted by molar-refractivity contribution is -0.129. The van der Waals surface area contributed by atoms with Gasteiger partial charge in [-0.15, -0.1) is 11.8 Å². The summed E-state index contributed by atoms with van der Waals surface area (Å²) in [4.78, 5) is 36.8. The molecule has 26 heavy (non-hydrogen) atoms. The highest BCUT2D eigenvalue weighted by atomic mass is 35.5. The third kappa shape index (κ3) is 3.55. The minimum atomic E-state index is 0.119. The van der Waals surface area contributed by atoms with Crippen LogP contribution in [0.5, 0.6) is 0 Å². The molecule has 6 nitrogen and oxygen atoms in total.